The van der Waals surface area contributed by atoms with Crippen molar-refractivity contribution < 1.29 is 9.53 Å². The first-order chi connectivity index (χ1) is 11.5. The van der Waals surface area contributed by atoms with Crippen LogP contribution in [0.3, 0.4) is 0 Å². The van der Waals surface area contributed by atoms with Crippen LogP contribution in [0.25, 0.3) is 0 Å². The van der Waals surface area contributed by atoms with Gasteiger partial charge in [0.25, 0.3) is 0 Å². The largest absolute Gasteiger partial charge is 0.497 e. The number of hydrogen-bond acceptors (Lipinski definition) is 3. The lowest BCUT2D eigenvalue weighted by Gasteiger charge is -2.41. The second kappa shape index (κ2) is 7.01. The molecule has 2 saturated heterocycles. The van der Waals surface area contributed by atoms with E-state index < -0.39 is 0 Å². The number of methoxy groups -OCH3 is 1. The summed E-state index contributed by atoms with van der Waals surface area (Å²) in [7, 11) is 5.38. The molecule has 24 heavy (non-hydrogen) atoms. The highest BCUT2D eigenvalue weighted by atomic mass is 16.5. The third kappa shape index (κ3) is 3.66. The molecule has 3 rings (SSSR count). The van der Waals surface area contributed by atoms with Crippen LogP contribution in [0.15, 0.2) is 24.3 Å². The lowest BCUT2D eigenvalue weighted by Crippen LogP contribution is -2.50. The Morgan fingerprint density at radius 1 is 1.17 bits per heavy atom. The van der Waals surface area contributed by atoms with E-state index >= 15 is 0 Å². The minimum Gasteiger partial charge on any atom is -0.497 e. The number of amides is 2. The zero-order valence-corrected chi connectivity index (χ0v) is 15.1. The van der Waals surface area contributed by atoms with Gasteiger partial charge in [-0.1, -0.05) is 12.1 Å². The summed E-state index contributed by atoms with van der Waals surface area (Å²) in [4.78, 5) is 18.6. The summed E-state index contributed by atoms with van der Waals surface area (Å²) in [6.45, 7) is 5.00. The van der Waals surface area contributed by atoms with Crippen LogP contribution in [0, 0.1) is 5.41 Å². The van der Waals surface area contributed by atoms with Crippen LogP contribution < -0.4 is 4.74 Å². The number of rotatable bonds is 3. The molecule has 2 fully saturated rings. The van der Waals surface area contributed by atoms with Gasteiger partial charge in [0.05, 0.1) is 7.11 Å². The van der Waals surface area contributed by atoms with Gasteiger partial charge in [-0.15, -0.1) is 0 Å². The Labute approximate surface area is 145 Å². The molecule has 0 saturated carbocycles. The minimum absolute atomic E-state index is 0.155. The highest BCUT2D eigenvalue weighted by Crippen LogP contribution is 2.39. The van der Waals surface area contributed by atoms with Gasteiger partial charge in [-0.05, 0) is 43.5 Å². The molecule has 1 aromatic rings. The standard InChI is InChI=1S/C19H29N3O2/c1-20(2)18(23)22-11-4-9-19(15-22)10-12-21(14-19)13-16-5-7-17(24-3)8-6-16/h5-8H,4,9-15H2,1-3H3/t19-/m1/s1. The molecule has 5 heteroatoms. The number of benzene rings is 1. The van der Waals surface area contributed by atoms with Crippen molar-refractivity contribution in [1.29, 1.82) is 0 Å². The van der Waals surface area contributed by atoms with Gasteiger partial charge in [0.15, 0.2) is 0 Å². The Kier molecular flexibility index (Phi) is 4.99. The van der Waals surface area contributed by atoms with Crippen molar-refractivity contribution in [2.45, 2.75) is 25.8 Å². The first-order valence-corrected chi connectivity index (χ1v) is 8.83. The molecule has 0 bridgehead atoms. The number of hydrogen-bond donors (Lipinski definition) is 0. The highest BCUT2D eigenvalue weighted by molar-refractivity contribution is 5.74. The first-order valence-electron chi connectivity index (χ1n) is 8.83. The predicted molar refractivity (Wildman–Crippen MR) is 95.2 cm³/mol. The fourth-order valence-electron chi connectivity index (χ4n) is 4.14. The smallest absolute Gasteiger partial charge is 0.319 e. The average molecular weight is 331 g/mol. The molecule has 0 aliphatic carbocycles. The maximum absolute atomic E-state index is 12.3. The van der Waals surface area contributed by atoms with E-state index in [-0.39, 0.29) is 11.4 Å². The maximum Gasteiger partial charge on any atom is 0.319 e. The third-order valence-electron chi connectivity index (χ3n) is 5.40. The molecule has 2 heterocycles. The van der Waals surface area contributed by atoms with Crippen molar-refractivity contribution in [3.8, 4) is 5.75 Å². The molecule has 2 amide bonds. The van der Waals surface area contributed by atoms with Crippen LogP contribution in [0.1, 0.15) is 24.8 Å². The number of ether oxygens (including phenoxy) is 1. The second-order valence-electron chi connectivity index (χ2n) is 7.51. The zero-order valence-electron chi connectivity index (χ0n) is 15.1. The van der Waals surface area contributed by atoms with Crippen molar-refractivity contribution in [3.05, 3.63) is 29.8 Å². The van der Waals surface area contributed by atoms with Gasteiger partial charge in [-0.25, -0.2) is 4.79 Å². The Morgan fingerprint density at radius 2 is 1.92 bits per heavy atom. The van der Waals surface area contributed by atoms with Crippen LogP contribution in [-0.2, 0) is 6.54 Å². The number of nitrogens with zero attached hydrogens (tertiary/aromatic N) is 3. The van der Waals surface area contributed by atoms with E-state index in [4.69, 9.17) is 4.74 Å². The second-order valence-corrected chi connectivity index (χ2v) is 7.51. The lowest BCUT2D eigenvalue weighted by atomic mass is 9.79. The van der Waals surface area contributed by atoms with Gasteiger partial charge in [0.2, 0.25) is 0 Å². The average Bonchev–Trinajstić information content (AvgIpc) is 2.96. The number of piperidine rings is 1. The summed E-state index contributed by atoms with van der Waals surface area (Å²) in [6.07, 6.45) is 3.56. The Balaban J connectivity index is 1.60. The molecule has 5 nitrogen and oxygen atoms in total. The molecule has 2 aliphatic heterocycles. The lowest BCUT2D eigenvalue weighted by molar-refractivity contribution is 0.0946. The van der Waals surface area contributed by atoms with Crippen molar-refractivity contribution in [3.63, 3.8) is 0 Å². The van der Waals surface area contributed by atoms with Crippen LogP contribution in [-0.4, -0.2) is 68.1 Å². The molecule has 0 radical (unpaired) electrons. The summed E-state index contributed by atoms with van der Waals surface area (Å²) in [5.41, 5.74) is 1.61. The zero-order chi connectivity index (χ0) is 17.2. The molecule has 1 aromatic carbocycles. The Bertz CT molecular complexity index is 572. The molecule has 0 aromatic heterocycles. The normalized spacial score (nSPS) is 24.4. The minimum atomic E-state index is 0.155. The van der Waals surface area contributed by atoms with Crippen LogP contribution >= 0.6 is 0 Å². The molecular formula is C19H29N3O2. The molecular weight excluding hydrogens is 302 g/mol. The summed E-state index contributed by atoms with van der Waals surface area (Å²) in [5.74, 6) is 0.904. The monoisotopic (exact) mass is 331 g/mol. The topological polar surface area (TPSA) is 36.0 Å². The number of urea groups is 1. The molecule has 1 atom stereocenters. The maximum atomic E-state index is 12.3. The van der Waals surface area contributed by atoms with E-state index in [1.165, 1.54) is 18.4 Å². The van der Waals surface area contributed by atoms with E-state index in [9.17, 15) is 4.79 Å². The summed E-state index contributed by atoms with van der Waals surface area (Å²) in [5, 5.41) is 0. The van der Waals surface area contributed by atoms with Gasteiger partial charge >= 0.3 is 6.03 Å². The number of carbonyl (C=O) groups is 1. The Morgan fingerprint density at radius 3 is 2.58 bits per heavy atom. The molecule has 1 spiro atoms. The van der Waals surface area contributed by atoms with Gasteiger partial charge < -0.3 is 14.5 Å². The Hall–Kier alpha value is -1.75. The van der Waals surface area contributed by atoms with Gasteiger partial charge in [0, 0.05) is 45.7 Å². The third-order valence-corrected chi connectivity index (χ3v) is 5.40. The number of likely N-dealkylation sites (tertiary alicyclic amines) is 2. The van der Waals surface area contributed by atoms with Crippen molar-refractivity contribution in [1.82, 2.24) is 14.7 Å². The molecule has 0 N–H and O–H groups in total. The van der Waals surface area contributed by atoms with E-state index in [0.717, 1.165) is 44.9 Å². The van der Waals surface area contributed by atoms with Gasteiger partial charge in [0.1, 0.15) is 5.75 Å². The fraction of sp³-hybridized carbons (Fsp3) is 0.632. The van der Waals surface area contributed by atoms with Crippen LogP contribution in [0.4, 0.5) is 4.79 Å². The summed E-state index contributed by atoms with van der Waals surface area (Å²) >= 11 is 0. The van der Waals surface area contributed by atoms with E-state index in [1.54, 1.807) is 12.0 Å². The summed E-state index contributed by atoms with van der Waals surface area (Å²) in [6, 6.07) is 8.50. The predicted octanol–water partition coefficient (Wildman–Crippen LogP) is 2.66. The van der Waals surface area contributed by atoms with Crippen molar-refractivity contribution >= 4 is 6.03 Å². The quantitative estimate of drug-likeness (QED) is 0.854. The summed E-state index contributed by atoms with van der Waals surface area (Å²) < 4.78 is 5.23. The first kappa shape index (κ1) is 17.1. The fourth-order valence-corrected chi connectivity index (χ4v) is 4.14. The van der Waals surface area contributed by atoms with Crippen molar-refractivity contribution in [2.75, 3.05) is 47.4 Å². The van der Waals surface area contributed by atoms with Gasteiger partial charge in [-0.3, -0.25) is 4.90 Å². The number of carbonyl (C=O) groups excluding carboxylic acids is 1. The molecule has 132 valence electrons. The van der Waals surface area contributed by atoms with E-state index in [2.05, 4.69) is 17.0 Å². The van der Waals surface area contributed by atoms with Gasteiger partial charge in [-0.2, -0.15) is 0 Å². The highest BCUT2D eigenvalue weighted by Gasteiger charge is 2.42. The molecule has 2 aliphatic rings. The molecule has 0 unspecified atom stereocenters. The van der Waals surface area contributed by atoms with Crippen LogP contribution in [0.2, 0.25) is 0 Å². The van der Waals surface area contributed by atoms with Crippen LogP contribution in [0.5, 0.6) is 5.75 Å². The SMILES string of the molecule is COc1ccc(CN2CC[C@]3(CCCN(C(=O)N(C)C)C3)C2)cc1. The van der Waals surface area contributed by atoms with E-state index in [0.29, 0.717) is 0 Å². The van der Waals surface area contributed by atoms with Crippen molar-refractivity contribution in [2.24, 2.45) is 5.41 Å². The van der Waals surface area contributed by atoms with E-state index in [1.807, 2.05) is 31.1 Å².